The number of hydrogen-bond acceptors (Lipinski definition) is 7. The van der Waals surface area contributed by atoms with E-state index in [4.69, 9.17) is 4.74 Å². The number of nitrogens with zero attached hydrogens (tertiary/aromatic N) is 5. The lowest BCUT2D eigenvalue weighted by molar-refractivity contribution is -0.139. The summed E-state index contributed by atoms with van der Waals surface area (Å²) in [5.41, 5.74) is -0.577. The summed E-state index contributed by atoms with van der Waals surface area (Å²) in [7, 11) is 1.74. The van der Waals surface area contributed by atoms with E-state index in [1.165, 1.54) is 18.2 Å². The number of carbonyl (C=O) groups excluding carboxylic acids is 1. The van der Waals surface area contributed by atoms with Crippen LogP contribution in [0.15, 0.2) is 53.7 Å². The first-order chi connectivity index (χ1) is 19.6. The van der Waals surface area contributed by atoms with Crippen molar-refractivity contribution in [3.63, 3.8) is 0 Å². The van der Waals surface area contributed by atoms with E-state index >= 15 is 0 Å². The number of halogens is 4. The summed E-state index contributed by atoms with van der Waals surface area (Å²) in [6, 6.07) is 11.8. The number of aromatic nitrogens is 1. The summed E-state index contributed by atoms with van der Waals surface area (Å²) < 4.78 is 59.4. The molecule has 3 aromatic rings. The van der Waals surface area contributed by atoms with Crippen molar-refractivity contribution in [2.24, 2.45) is 5.18 Å². The molecule has 0 atom stereocenters. The molecule has 2 fully saturated rings. The van der Waals surface area contributed by atoms with Crippen LogP contribution in [0.25, 0.3) is 10.9 Å². The van der Waals surface area contributed by atoms with Gasteiger partial charge in [0.1, 0.15) is 23.9 Å². The van der Waals surface area contributed by atoms with E-state index in [2.05, 4.69) is 15.1 Å². The smallest absolute Gasteiger partial charge is 0.372 e. The van der Waals surface area contributed by atoms with Gasteiger partial charge in [0, 0.05) is 50.3 Å². The maximum Gasteiger partial charge on any atom is 0.418 e. The van der Waals surface area contributed by atoms with Gasteiger partial charge in [0.15, 0.2) is 0 Å². The molecule has 5 rings (SSSR count). The number of pyridine rings is 1. The number of nitroso groups, excluding NO2 is 1. The Morgan fingerprint density at radius 3 is 2.44 bits per heavy atom. The second-order valence-corrected chi connectivity index (χ2v) is 10.5. The number of piperazine rings is 1. The maximum atomic E-state index is 13.4. The molecule has 0 N–H and O–H groups in total. The fourth-order valence-corrected chi connectivity index (χ4v) is 5.59. The van der Waals surface area contributed by atoms with Crippen LogP contribution in [0.1, 0.15) is 31.2 Å². The molecule has 12 heteroatoms. The van der Waals surface area contributed by atoms with Crippen LogP contribution in [0.4, 0.5) is 34.8 Å². The van der Waals surface area contributed by atoms with Crippen LogP contribution in [0.3, 0.4) is 0 Å². The second-order valence-electron chi connectivity index (χ2n) is 10.5. The highest BCUT2D eigenvalue weighted by Crippen LogP contribution is 2.39. The Kier molecular flexibility index (Phi) is 8.39. The molecule has 1 aliphatic carbocycles. The van der Waals surface area contributed by atoms with Crippen molar-refractivity contribution in [3.8, 4) is 0 Å². The van der Waals surface area contributed by atoms with Gasteiger partial charge in [-0.25, -0.2) is 9.37 Å². The summed E-state index contributed by atoms with van der Waals surface area (Å²) in [6.45, 7) is 2.33. The van der Waals surface area contributed by atoms with Crippen LogP contribution in [0.5, 0.6) is 0 Å². The van der Waals surface area contributed by atoms with Crippen molar-refractivity contribution in [3.05, 3.63) is 64.8 Å². The molecule has 1 saturated heterocycles. The number of anilines is 2. The second kappa shape index (κ2) is 12.0. The first kappa shape index (κ1) is 28.7. The predicted molar refractivity (Wildman–Crippen MR) is 148 cm³/mol. The summed E-state index contributed by atoms with van der Waals surface area (Å²) in [5.74, 6) is 0.416. The molecule has 1 amide bonds. The number of fused-ring (bicyclic) bond motifs is 1. The lowest BCUT2D eigenvalue weighted by Crippen LogP contribution is -2.50. The molecule has 218 valence electrons. The van der Waals surface area contributed by atoms with Crippen molar-refractivity contribution in [2.45, 2.75) is 44.0 Å². The maximum absolute atomic E-state index is 13.4. The molecule has 41 heavy (non-hydrogen) atoms. The Hall–Kier alpha value is -3.80. The number of carbonyl (C=O) groups is 1. The molecule has 0 radical (unpaired) electrons. The van der Waals surface area contributed by atoms with Gasteiger partial charge in [-0.15, -0.1) is 4.91 Å². The van der Waals surface area contributed by atoms with Crippen molar-refractivity contribution < 1.29 is 27.1 Å². The Morgan fingerprint density at radius 2 is 1.76 bits per heavy atom. The standard InChI is InChI=1S/C29H31F4N5O3/c1-36(22-6-10-26(35-40)24(17-22)29(31,32)33)21-4-7-23(8-5-21)41-18-28(39)38-14-12-37(13-15-38)27-11-2-19-16-20(30)3-9-25(19)34-27/h2-3,6,9-11,16-17,21,23H,4-5,7-8,12-15,18H2,1H3. The fraction of sp³-hybridized carbons (Fsp3) is 0.448. The van der Waals surface area contributed by atoms with E-state index in [1.807, 2.05) is 12.1 Å². The van der Waals surface area contributed by atoms with Gasteiger partial charge in [-0.3, -0.25) is 4.79 Å². The van der Waals surface area contributed by atoms with E-state index in [1.54, 1.807) is 22.9 Å². The van der Waals surface area contributed by atoms with Crippen LogP contribution >= 0.6 is 0 Å². The van der Waals surface area contributed by atoms with Gasteiger partial charge in [-0.05, 0) is 79.4 Å². The minimum atomic E-state index is -4.67. The predicted octanol–water partition coefficient (Wildman–Crippen LogP) is 5.90. The van der Waals surface area contributed by atoms with Gasteiger partial charge in [0.05, 0.1) is 17.2 Å². The molecule has 1 aromatic heterocycles. The molecule has 0 spiro atoms. The van der Waals surface area contributed by atoms with E-state index < -0.39 is 17.4 Å². The lowest BCUT2D eigenvalue weighted by atomic mass is 9.91. The molecule has 1 saturated carbocycles. The molecule has 2 aromatic carbocycles. The largest absolute Gasteiger partial charge is 0.418 e. The minimum Gasteiger partial charge on any atom is -0.372 e. The Labute approximate surface area is 234 Å². The Balaban J connectivity index is 1.07. The van der Waals surface area contributed by atoms with Crippen LogP contribution < -0.4 is 9.80 Å². The van der Waals surface area contributed by atoms with Crippen LogP contribution in [-0.2, 0) is 15.7 Å². The summed E-state index contributed by atoms with van der Waals surface area (Å²) in [4.78, 5) is 33.9. The topological polar surface area (TPSA) is 78.3 Å². The molecule has 2 heterocycles. The Morgan fingerprint density at radius 1 is 1.02 bits per heavy atom. The van der Waals surface area contributed by atoms with E-state index in [-0.39, 0.29) is 30.5 Å². The quantitative estimate of drug-likeness (QED) is 0.259. The van der Waals surface area contributed by atoms with Crippen LogP contribution in [0.2, 0.25) is 0 Å². The molecular weight excluding hydrogens is 542 g/mol. The molecular formula is C29H31F4N5O3. The van der Waals surface area contributed by atoms with Crippen molar-refractivity contribution in [1.82, 2.24) is 9.88 Å². The van der Waals surface area contributed by atoms with E-state index in [0.29, 0.717) is 57.5 Å². The monoisotopic (exact) mass is 573 g/mol. The SMILES string of the molecule is CN(c1ccc(N=O)c(C(F)(F)F)c1)C1CCC(OCC(=O)N2CCN(c3ccc4cc(F)ccc4n3)CC2)CC1. The van der Waals surface area contributed by atoms with Crippen molar-refractivity contribution in [1.29, 1.82) is 0 Å². The van der Waals surface area contributed by atoms with Crippen LogP contribution in [-0.4, -0.2) is 67.8 Å². The fourth-order valence-electron chi connectivity index (χ4n) is 5.59. The third-order valence-electron chi connectivity index (χ3n) is 8.02. The number of rotatable bonds is 7. The van der Waals surface area contributed by atoms with Gasteiger partial charge in [0.25, 0.3) is 0 Å². The zero-order valence-electron chi connectivity index (χ0n) is 22.6. The number of amides is 1. The summed E-state index contributed by atoms with van der Waals surface area (Å²) in [5, 5.41) is 3.24. The van der Waals surface area contributed by atoms with Gasteiger partial charge < -0.3 is 19.4 Å². The zero-order chi connectivity index (χ0) is 29.1. The summed E-state index contributed by atoms with van der Waals surface area (Å²) in [6.07, 6.45) is -1.98. The van der Waals surface area contributed by atoms with Gasteiger partial charge in [-0.1, -0.05) is 0 Å². The normalized spacial score (nSPS) is 19.8. The van der Waals surface area contributed by atoms with E-state index in [9.17, 15) is 27.3 Å². The summed E-state index contributed by atoms with van der Waals surface area (Å²) >= 11 is 0. The number of benzene rings is 2. The lowest BCUT2D eigenvalue weighted by Gasteiger charge is -2.37. The molecule has 0 bridgehead atoms. The molecule has 2 aliphatic rings. The van der Waals surface area contributed by atoms with Crippen molar-refractivity contribution in [2.75, 3.05) is 49.6 Å². The minimum absolute atomic E-state index is 0.0116. The first-order valence-corrected chi connectivity index (χ1v) is 13.6. The molecule has 8 nitrogen and oxygen atoms in total. The first-order valence-electron chi connectivity index (χ1n) is 13.6. The average molecular weight is 574 g/mol. The molecule has 1 aliphatic heterocycles. The van der Waals surface area contributed by atoms with Gasteiger partial charge in [-0.2, -0.15) is 13.2 Å². The van der Waals surface area contributed by atoms with Crippen LogP contribution in [0, 0.1) is 10.7 Å². The zero-order valence-corrected chi connectivity index (χ0v) is 22.6. The highest BCUT2D eigenvalue weighted by Gasteiger charge is 2.35. The van der Waals surface area contributed by atoms with Gasteiger partial charge >= 0.3 is 6.18 Å². The molecule has 0 unspecified atom stereocenters. The number of alkyl halides is 3. The van der Waals surface area contributed by atoms with Crippen molar-refractivity contribution >= 4 is 34.0 Å². The highest BCUT2D eigenvalue weighted by atomic mass is 19.4. The highest BCUT2D eigenvalue weighted by molar-refractivity contribution is 5.80. The third kappa shape index (κ3) is 6.58. The number of ether oxygens (including phenoxy) is 1. The Bertz CT molecular complexity index is 1400. The number of hydrogen-bond donors (Lipinski definition) is 0. The average Bonchev–Trinajstić information content (AvgIpc) is 2.98. The van der Waals surface area contributed by atoms with E-state index in [0.717, 1.165) is 28.9 Å². The van der Waals surface area contributed by atoms with Gasteiger partial charge in [0.2, 0.25) is 5.91 Å². The third-order valence-corrected chi connectivity index (χ3v) is 8.02.